The molecule has 4 atom stereocenters. The molecule has 0 spiro atoms. The highest BCUT2D eigenvalue weighted by Gasteiger charge is 2.71. The molecule has 1 fully saturated rings. The number of carbonyl (C=O) groups excluding carboxylic acids is 1. The van der Waals surface area contributed by atoms with Gasteiger partial charge in [-0.3, -0.25) is 4.79 Å². The molecule has 1 saturated heterocycles. The summed E-state index contributed by atoms with van der Waals surface area (Å²) in [4.78, 5) is 12.5. The second-order valence-corrected chi connectivity index (χ2v) is 5.39. The molecule has 110 valence electrons. The molecule has 1 aliphatic heterocycles. The summed E-state index contributed by atoms with van der Waals surface area (Å²) in [6.07, 6.45) is 1.89. The van der Waals surface area contributed by atoms with Gasteiger partial charge in [-0.2, -0.15) is 0 Å². The molecule has 0 radical (unpaired) electrons. The predicted octanol–water partition coefficient (Wildman–Crippen LogP) is 0.260. The van der Waals surface area contributed by atoms with Crippen molar-refractivity contribution in [3.8, 4) is 0 Å². The van der Waals surface area contributed by atoms with Gasteiger partial charge in [-0.1, -0.05) is 23.8 Å². The zero-order valence-electron chi connectivity index (χ0n) is 11.8. The van der Waals surface area contributed by atoms with Crippen LogP contribution in [0.5, 0.6) is 0 Å². The maximum atomic E-state index is 12.5. The molecule has 0 aromatic carbocycles. The lowest BCUT2D eigenvalue weighted by molar-refractivity contribution is -0.124. The van der Waals surface area contributed by atoms with E-state index in [-0.39, 0.29) is 5.57 Å². The van der Waals surface area contributed by atoms with Crippen LogP contribution in [-0.4, -0.2) is 51.6 Å². The van der Waals surface area contributed by atoms with Crippen molar-refractivity contribution < 1.29 is 24.9 Å². The van der Waals surface area contributed by atoms with E-state index in [1.807, 2.05) is 0 Å². The molecule has 1 heterocycles. The van der Waals surface area contributed by atoms with Crippen molar-refractivity contribution in [3.05, 3.63) is 34.9 Å². The number of hydrogen-bond donors (Lipinski definition) is 3. The van der Waals surface area contributed by atoms with E-state index in [4.69, 9.17) is 4.74 Å². The molecule has 0 aromatic rings. The fraction of sp³-hybridized carbons (Fsp3) is 0.533. The molecule has 2 aliphatic rings. The quantitative estimate of drug-likeness (QED) is 0.507. The molecule has 0 amide bonds. The summed E-state index contributed by atoms with van der Waals surface area (Å²) in [6.45, 7) is 4.87. The standard InChI is InChI=1S/C15H20O5/c1-4-5-9-10(7-16)13(19)15(11(17)6-8(2)3)14(20-15)12(9)18/h4-6,11-12,14,16-18H,7H2,1-3H3/b5-4+/t11-,12+,14+,15+/m1/s1. The van der Waals surface area contributed by atoms with Gasteiger partial charge in [0.1, 0.15) is 18.3 Å². The van der Waals surface area contributed by atoms with E-state index in [0.717, 1.165) is 5.57 Å². The van der Waals surface area contributed by atoms with Crippen LogP contribution in [0.15, 0.2) is 34.9 Å². The Morgan fingerprint density at radius 1 is 1.50 bits per heavy atom. The van der Waals surface area contributed by atoms with Gasteiger partial charge >= 0.3 is 0 Å². The van der Waals surface area contributed by atoms with E-state index in [2.05, 4.69) is 0 Å². The van der Waals surface area contributed by atoms with Crippen molar-refractivity contribution in [1.29, 1.82) is 0 Å². The molecule has 20 heavy (non-hydrogen) atoms. The van der Waals surface area contributed by atoms with Crippen molar-refractivity contribution in [2.45, 2.75) is 44.7 Å². The van der Waals surface area contributed by atoms with Crippen molar-refractivity contribution in [2.75, 3.05) is 6.61 Å². The third-order valence-electron chi connectivity index (χ3n) is 3.71. The highest BCUT2D eigenvalue weighted by molar-refractivity contribution is 6.07. The Hall–Kier alpha value is -1.27. The van der Waals surface area contributed by atoms with Crippen LogP contribution in [-0.2, 0) is 9.53 Å². The number of ether oxygens (including phenoxy) is 1. The minimum Gasteiger partial charge on any atom is -0.392 e. The van der Waals surface area contributed by atoms with E-state index in [1.165, 1.54) is 6.08 Å². The Morgan fingerprint density at radius 2 is 2.15 bits per heavy atom. The molecule has 1 aliphatic carbocycles. The van der Waals surface area contributed by atoms with Crippen LogP contribution in [0.3, 0.4) is 0 Å². The largest absolute Gasteiger partial charge is 0.392 e. The first-order valence-electron chi connectivity index (χ1n) is 6.60. The van der Waals surface area contributed by atoms with Gasteiger partial charge in [0.2, 0.25) is 0 Å². The lowest BCUT2D eigenvalue weighted by atomic mass is 9.77. The molecule has 0 unspecified atom stereocenters. The highest BCUT2D eigenvalue weighted by Crippen LogP contribution is 2.50. The summed E-state index contributed by atoms with van der Waals surface area (Å²) in [7, 11) is 0. The third-order valence-corrected chi connectivity index (χ3v) is 3.71. The number of Topliss-reactive ketones (excluding diaryl/α,β-unsaturated/α-hetero) is 1. The van der Waals surface area contributed by atoms with Crippen LogP contribution in [0.2, 0.25) is 0 Å². The number of fused-ring (bicyclic) bond motifs is 1. The number of aliphatic hydroxyl groups is 3. The van der Waals surface area contributed by atoms with Crippen LogP contribution < -0.4 is 0 Å². The topological polar surface area (TPSA) is 90.3 Å². The van der Waals surface area contributed by atoms with Crippen molar-refractivity contribution in [2.24, 2.45) is 0 Å². The van der Waals surface area contributed by atoms with Crippen LogP contribution in [0.1, 0.15) is 20.8 Å². The predicted molar refractivity (Wildman–Crippen MR) is 73.0 cm³/mol. The van der Waals surface area contributed by atoms with Gasteiger partial charge in [-0.25, -0.2) is 0 Å². The molecule has 0 saturated carbocycles. The van der Waals surface area contributed by atoms with Crippen LogP contribution in [0, 0.1) is 0 Å². The normalized spacial score (nSPS) is 34.2. The van der Waals surface area contributed by atoms with Gasteiger partial charge < -0.3 is 20.1 Å². The maximum Gasteiger partial charge on any atom is 0.199 e. The Kier molecular flexibility index (Phi) is 3.97. The molecule has 5 nitrogen and oxygen atoms in total. The summed E-state index contributed by atoms with van der Waals surface area (Å²) < 4.78 is 5.38. The van der Waals surface area contributed by atoms with E-state index in [9.17, 15) is 20.1 Å². The van der Waals surface area contributed by atoms with E-state index >= 15 is 0 Å². The van der Waals surface area contributed by atoms with Crippen LogP contribution in [0.25, 0.3) is 0 Å². The SMILES string of the molecule is C/C=C/C1=C(CO)C(=O)[C@]2([C@H](O)C=C(C)C)O[C@H]2[C@H]1O. The number of allylic oxidation sites excluding steroid dienone is 2. The number of carbonyl (C=O) groups is 1. The third kappa shape index (κ3) is 2.07. The van der Waals surface area contributed by atoms with Gasteiger partial charge in [-0.05, 0) is 26.3 Å². The fourth-order valence-corrected chi connectivity index (χ4v) is 2.72. The van der Waals surface area contributed by atoms with Gasteiger partial charge in [0.05, 0.1) is 6.61 Å². The second-order valence-electron chi connectivity index (χ2n) is 5.39. The van der Waals surface area contributed by atoms with Crippen molar-refractivity contribution in [3.63, 3.8) is 0 Å². The first kappa shape index (κ1) is 15.1. The van der Waals surface area contributed by atoms with Crippen LogP contribution >= 0.6 is 0 Å². The van der Waals surface area contributed by atoms with Crippen molar-refractivity contribution >= 4 is 5.78 Å². The van der Waals surface area contributed by atoms with Gasteiger partial charge in [0.15, 0.2) is 11.4 Å². The van der Waals surface area contributed by atoms with Gasteiger partial charge in [0, 0.05) is 5.57 Å². The monoisotopic (exact) mass is 280 g/mol. The summed E-state index contributed by atoms with van der Waals surface area (Å²) in [6, 6.07) is 0. The van der Waals surface area contributed by atoms with Crippen LogP contribution in [0.4, 0.5) is 0 Å². The van der Waals surface area contributed by atoms with Crippen molar-refractivity contribution in [1.82, 2.24) is 0 Å². The number of aliphatic hydroxyl groups excluding tert-OH is 3. The van der Waals surface area contributed by atoms with E-state index in [0.29, 0.717) is 5.57 Å². The smallest absolute Gasteiger partial charge is 0.199 e. The summed E-state index contributed by atoms with van der Waals surface area (Å²) in [5, 5.41) is 29.9. The number of ketones is 1. The summed E-state index contributed by atoms with van der Waals surface area (Å²) in [5.41, 5.74) is -0.134. The number of epoxide rings is 1. The lowest BCUT2D eigenvalue weighted by Crippen LogP contribution is -2.47. The highest BCUT2D eigenvalue weighted by atomic mass is 16.6. The zero-order valence-corrected chi connectivity index (χ0v) is 11.8. The number of rotatable bonds is 4. The molecular formula is C15H20O5. The first-order chi connectivity index (χ1) is 9.40. The Bertz CT molecular complexity index is 512. The molecule has 5 heteroatoms. The minimum absolute atomic E-state index is 0.102. The molecule has 2 rings (SSSR count). The Labute approximate surface area is 117 Å². The van der Waals surface area contributed by atoms with Gasteiger partial charge in [-0.15, -0.1) is 0 Å². The average molecular weight is 280 g/mol. The van der Waals surface area contributed by atoms with E-state index < -0.39 is 36.3 Å². The number of hydrogen-bond acceptors (Lipinski definition) is 5. The average Bonchev–Trinajstić information content (AvgIpc) is 3.13. The van der Waals surface area contributed by atoms with E-state index in [1.54, 1.807) is 32.9 Å². The maximum absolute atomic E-state index is 12.5. The Balaban J connectivity index is 2.45. The zero-order chi connectivity index (χ0) is 15.1. The summed E-state index contributed by atoms with van der Waals surface area (Å²) >= 11 is 0. The van der Waals surface area contributed by atoms with Gasteiger partial charge in [0.25, 0.3) is 0 Å². The summed E-state index contributed by atoms with van der Waals surface area (Å²) in [5.74, 6) is -0.451. The molecular weight excluding hydrogens is 260 g/mol. The lowest BCUT2D eigenvalue weighted by Gasteiger charge is -2.26. The first-order valence-corrected chi connectivity index (χ1v) is 6.60. The molecule has 0 bridgehead atoms. The molecule has 3 N–H and O–H groups in total. The minimum atomic E-state index is -1.44. The fourth-order valence-electron chi connectivity index (χ4n) is 2.72. The second kappa shape index (κ2) is 5.26. The molecule has 0 aromatic heterocycles. The Morgan fingerprint density at radius 3 is 2.65 bits per heavy atom.